The van der Waals surface area contributed by atoms with Gasteiger partial charge in [-0.1, -0.05) is 41.5 Å². The molecule has 0 unspecified atom stereocenters. The van der Waals surface area contributed by atoms with Gasteiger partial charge in [0.2, 0.25) is 0 Å². The molecule has 1 heterocycles. The van der Waals surface area contributed by atoms with Crippen molar-refractivity contribution in [1.82, 2.24) is 10.2 Å². The molecular weight excluding hydrogens is 244 g/mol. The maximum Gasteiger partial charge on any atom is 0.00499 e. The normalized spacial score (nSPS) is 20.6. The van der Waals surface area contributed by atoms with Crippen LogP contribution < -0.4 is 5.32 Å². The molecule has 1 aliphatic rings. The van der Waals surface area contributed by atoms with Gasteiger partial charge in [-0.3, -0.25) is 0 Å². The Morgan fingerprint density at radius 3 is 2.10 bits per heavy atom. The summed E-state index contributed by atoms with van der Waals surface area (Å²) in [6, 6.07) is 0. The molecule has 1 saturated heterocycles. The molecule has 0 atom stereocenters. The monoisotopic (exact) mass is 282 g/mol. The van der Waals surface area contributed by atoms with Crippen molar-refractivity contribution in [1.29, 1.82) is 0 Å². The SMILES string of the molecule is CCC(CC)(CNCC(C)C)CN1CCC(C)(C)CC1. The van der Waals surface area contributed by atoms with Crippen LogP contribution in [-0.4, -0.2) is 37.6 Å². The molecule has 0 aromatic rings. The molecule has 1 N–H and O–H groups in total. The average molecular weight is 283 g/mol. The van der Waals surface area contributed by atoms with E-state index in [1.807, 2.05) is 0 Å². The molecule has 0 aromatic carbocycles. The lowest BCUT2D eigenvalue weighted by atomic mass is 9.78. The Hall–Kier alpha value is -0.0800. The van der Waals surface area contributed by atoms with E-state index in [2.05, 4.69) is 51.8 Å². The van der Waals surface area contributed by atoms with Crippen LogP contribution in [0.25, 0.3) is 0 Å². The zero-order valence-corrected chi connectivity index (χ0v) is 14.9. The fourth-order valence-corrected chi connectivity index (χ4v) is 3.20. The van der Waals surface area contributed by atoms with Crippen molar-refractivity contribution in [3.05, 3.63) is 0 Å². The Balaban J connectivity index is 2.49. The lowest BCUT2D eigenvalue weighted by Gasteiger charge is -2.43. The zero-order valence-electron chi connectivity index (χ0n) is 14.9. The van der Waals surface area contributed by atoms with E-state index in [-0.39, 0.29) is 0 Å². The standard InChI is InChI=1S/C18H38N2/c1-7-18(8-2,14-19-13-16(3)4)15-20-11-9-17(5,6)10-12-20/h16,19H,7-15H2,1-6H3. The maximum absolute atomic E-state index is 3.71. The highest BCUT2D eigenvalue weighted by Crippen LogP contribution is 2.33. The number of nitrogens with one attached hydrogen (secondary N) is 1. The molecule has 2 nitrogen and oxygen atoms in total. The van der Waals surface area contributed by atoms with Crippen molar-refractivity contribution >= 4 is 0 Å². The van der Waals surface area contributed by atoms with Crippen molar-refractivity contribution in [2.75, 3.05) is 32.7 Å². The fourth-order valence-electron chi connectivity index (χ4n) is 3.20. The molecule has 20 heavy (non-hydrogen) atoms. The van der Waals surface area contributed by atoms with Gasteiger partial charge in [0.15, 0.2) is 0 Å². The van der Waals surface area contributed by atoms with E-state index < -0.39 is 0 Å². The summed E-state index contributed by atoms with van der Waals surface area (Å²) >= 11 is 0. The van der Waals surface area contributed by atoms with E-state index in [4.69, 9.17) is 0 Å². The first-order valence-corrected chi connectivity index (χ1v) is 8.75. The first kappa shape index (κ1) is 18.0. The number of piperidine rings is 1. The minimum Gasteiger partial charge on any atom is -0.316 e. The molecule has 0 radical (unpaired) electrons. The summed E-state index contributed by atoms with van der Waals surface area (Å²) in [5.41, 5.74) is 1.03. The van der Waals surface area contributed by atoms with Gasteiger partial charge in [0, 0.05) is 13.1 Å². The summed E-state index contributed by atoms with van der Waals surface area (Å²) in [6.45, 7) is 20.3. The van der Waals surface area contributed by atoms with E-state index in [1.54, 1.807) is 0 Å². The highest BCUT2D eigenvalue weighted by molar-refractivity contribution is 4.86. The van der Waals surface area contributed by atoms with Gasteiger partial charge in [-0.2, -0.15) is 0 Å². The molecule has 0 spiro atoms. The van der Waals surface area contributed by atoms with Crippen molar-refractivity contribution in [2.24, 2.45) is 16.7 Å². The van der Waals surface area contributed by atoms with E-state index in [0.29, 0.717) is 10.8 Å². The van der Waals surface area contributed by atoms with Crippen LogP contribution in [0.5, 0.6) is 0 Å². The van der Waals surface area contributed by atoms with Gasteiger partial charge in [-0.05, 0) is 62.1 Å². The van der Waals surface area contributed by atoms with Gasteiger partial charge in [0.1, 0.15) is 0 Å². The molecular formula is C18H38N2. The summed E-state index contributed by atoms with van der Waals surface area (Å²) in [5.74, 6) is 0.747. The Morgan fingerprint density at radius 1 is 1.10 bits per heavy atom. The van der Waals surface area contributed by atoms with Crippen LogP contribution >= 0.6 is 0 Å². The molecule has 2 heteroatoms. The summed E-state index contributed by atoms with van der Waals surface area (Å²) in [4.78, 5) is 2.72. The molecule has 0 saturated carbocycles. The van der Waals surface area contributed by atoms with Crippen LogP contribution in [0.15, 0.2) is 0 Å². The van der Waals surface area contributed by atoms with E-state index in [0.717, 1.165) is 12.5 Å². The first-order chi connectivity index (χ1) is 9.32. The second-order valence-electron chi connectivity index (χ2n) is 8.17. The van der Waals surface area contributed by atoms with Gasteiger partial charge < -0.3 is 10.2 Å². The molecule has 1 rings (SSSR count). The summed E-state index contributed by atoms with van der Waals surface area (Å²) in [7, 11) is 0. The van der Waals surface area contributed by atoms with E-state index in [1.165, 1.54) is 51.9 Å². The van der Waals surface area contributed by atoms with Crippen LogP contribution in [0.2, 0.25) is 0 Å². The molecule has 1 fully saturated rings. The summed E-state index contributed by atoms with van der Waals surface area (Å²) < 4.78 is 0. The Kier molecular flexibility index (Phi) is 7.00. The van der Waals surface area contributed by atoms with Gasteiger partial charge in [0.05, 0.1) is 0 Å². The molecule has 0 aliphatic carbocycles. The van der Waals surface area contributed by atoms with Crippen LogP contribution in [0.3, 0.4) is 0 Å². The summed E-state index contributed by atoms with van der Waals surface area (Å²) in [6.07, 6.45) is 5.29. The fraction of sp³-hybridized carbons (Fsp3) is 1.00. The highest BCUT2D eigenvalue weighted by Gasteiger charge is 2.32. The second kappa shape index (κ2) is 7.79. The third-order valence-electron chi connectivity index (χ3n) is 5.32. The highest BCUT2D eigenvalue weighted by atomic mass is 15.1. The number of likely N-dealkylation sites (tertiary alicyclic amines) is 1. The minimum atomic E-state index is 0.469. The third-order valence-corrected chi connectivity index (χ3v) is 5.32. The van der Waals surface area contributed by atoms with Crippen molar-refractivity contribution < 1.29 is 0 Å². The quantitative estimate of drug-likeness (QED) is 0.719. The molecule has 1 aliphatic heterocycles. The third kappa shape index (κ3) is 5.73. The second-order valence-corrected chi connectivity index (χ2v) is 8.17. The number of hydrogen-bond donors (Lipinski definition) is 1. The average Bonchev–Trinajstić information content (AvgIpc) is 2.39. The van der Waals surface area contributed by atoms with Gasteiger partial charge >= 0.3 is 0 Å². The lowest BCUT2D eigenvalue weighted by molar-refractivity contribution is 0.0756. The first-order valence-electron chi connectivity index (χ1n) is 8.75. The van der Waals surface area contributed by atoms with Crippen LogP contribution in [0.1, 0.15) is 67.2 Å². The molecule has 120 valence electrons. The van der Waals surface area contributed by atoms with Crippen molar-refractivity contribution in [3.8, 4) is 0 Å². The van der Waals surface area contributed by atoms with Gasteiger partial charge in [-0.25, -0.2) is 0 Å². The minimum absolute atomic E-state index is 0.469. The lowest BCUT2D eigenvalue weighted by Crippen LogP contribution is -2.47. The van der Waals surface area contributed by atoms with Crippen LogP contribution in [-0.2, 0) is 0 Å². The summed E-state index contributed by atoms with van der Waals surface area (Å²) in [5, 5.41) is 3.71. The molecule has 0 bridgehead atoms. The number of nitrogens with zero attached hydrogens (tertiary/aromatic N) is 1. The topological polar surface area (TPSA) is 15.3 Å². The predicted molar refractivity (Wildman–Crippen MR) is 90.2 cm³/mol. The number of rotatable bonds is 8. The van der Waals surface area contributed by atoms with Crippen LogP contribution in [0.4, 0.5) is 0 Å². The zero-order chi connectivity index (χ0) is 15.2. The van der Waals surface area contributed by atoms with E-state index >= 15 is 0 Å². The van der Waals surface area contributed by atoms with Crippen LogP contribution in [0, 0.1) is 16.7 Å². The largest absolute Gasteiger partial charge is 0.316 e. The smallest absolute Gasteiger partial charge is 0.00499 e. The van der Waals surface area contributed by atoms with Gasteiger partial charge in [-0.15, -0.1) is 0 Å². The molecule has 0 amide bonds. The molecule has 0 aromatic heterocycles. The van der Waals surface area contributed by atoms with Gasteiger partial charge in [0.25, 0.3) is 0 Å². The van der Waals surface area contributed by atoms with E-state index in [9.17, 15) is 0 Å². The Labute approximate surface area is 127 Å². The predicted octanol–water partition coefficient (Wildman–Crippen LogP) is 4.16. The Bertz CT molecular complexity index is 257. The Morgan fingerprint density at radius 2 is 1.65 bits per heavy atom. The maximum atomic E-state index is 3.71. The van der Waals surface area contributed by atoms with Crippen molar-refractivity contribution in [2.45, 2.75) is 67.2 Å². The number of hydrogen-bond acceptors (Lipinski definition) is 2. The van der Waals surface area contributed by atoms with Crippen molar-refractivity contribution in [3.63, 3.8) is 0 Å².